The second-order valence-electron chi connectivity index (χ2n) is 5.30. The van der Waals surface area contributed by atoms with E-state index in [4.69, 9.17) is 0 Å². The molecule has 18 heavy (non-hydrogen) atoms. The number of hydrogen-bond donors (Lipinski definition) is 0. The number of pyridine rings is 1. The number of hydrogen-bond acceptors (Lipinski definition) is 2. The maximum absolute atomic E-state index is 4.46. The summed E-state index contributed by atoms with van der Waals surface area (Å²) >= 11 is 3.52. The SMILES string of the molecule is CC1CCN(Cc2cnc3ccc(Br)cn23)C1C. The van der Waals surface area contributed by atoms with Crippen LogP contribution in [-0.4, -0.2) is 26.9 Å². The topological polar surface area (TPSA) is 20.5 Å². The number of likely N-dealkylation sites (tertiary alicyclic amines) is 1. The van der Waals surface area contributed by atoms with E-state index in [0.29, 0.717) is 6.04 Å². The molecule has 0 saturated carbocycles. The Morgan fingerprint density at radius 3 is 2.94 bits per heavy atom. The molecule has 1 saturated heterocycles. The molecular formula is C14H18BrN3. The van der Waals surface area contributed by atoms with E-state index in [1.807, 2.05) is 18.3 Å². The Kier molecular flexibility index (Phi) is 3.16. The lowest BCUT2D eigenvalue weighted by Gasteiger charge is -2.22. The molecule has 0 N–H and O–H groups in total. The van der Waals surface area contributed by atoms with Gasteiger partial charge in [0.15, 0.2) is 0 Å². The minimum absolute atomic E-state index is 0.669. The highest BCUT2D eigenvalue weighted by atomic mass is 79.9. The van der Waals surface area contributed by atoms with E-state index in [1.54, 1.807) is 0 Å². The van der Waals surface area contributed by atoms with Crippen molar-refractivity contribution in [3.05, 3.63) is 34.7 Å². The van der Waals surface area contributed by atoms with Gasteiger partial charge in [-0.25, -0.2) is 4.98 Å². The smallest absolute Gasteiger partial charge is 0.136 e. The molecule has 2 aromatic heterocycles. The normalized spacial score (nSPS) is 25.1. The predicted molar refractivity (Wildman–Crippen MR) is 76.5 cm³/mol. The first-order valence-corrected chi connectivity index (χ1v) is 7.30. The van der Waals surface area contributed by atoms with Crippen LogP contribution in [-0.2, 0) is 6.54 Å². The number of fused-ring (bicyclic) bond motifs is 1. The number of imidazole rings is 1. The van der Waals surface area contributed by atoms with Crippen molar-refractivity contribution in [1.29, 1.82) is 0 Å². The van der Waals surface area contributed by atoms with Gasteiger partial charge in [0.2, 0.25) is 0 Å². The largest absolute Gasteiger partial charge is 0.302 e. The van der Waals surface area contributed by atoms with Crippen LogP contribution in [0.2, 0.25) is 0 Å². The number of halogens is 1. The van der Waals surface area contributed by atoms with Crippen molar-refractivity contribution in [1.82, 2.24) is 14.3 Å². The van der Waals surface area contributed by atoms with Crippen LogP contribution in [0.4, 0.5) is 0 Å². The van der Waals surface area contributed by atoms with Crippen molar-refractivity contribution in [3.8, 4) is 0 Å². The molecule has 2 unspecified atom stereocenters. The first-order chi connectivity index (χ1) is 8.65. The second kappa shape index (κ2) is 4.67. The molecule has 0 amide bonds. The number of aromatic nitrogens is 2. The molecule has 4 heteroatoms. The Labute approximate surface area is 116 Å². The second-order valence-corrected chi connectivity index (χ2v) is 6.22. The lowest BCUT2D eigenvalue weighted by molar-refractivity contribution is 0.236. The fourth-order valence-corrected chi connectivity index (χ4v) is 3.06. The van der Waals surface area contributed by atoms with Gasteiger partial charge in [-0.05, 0) is 53.9 Å². The summed E-state index contributed by atoms with van der Waals surface area (Å²) in [5, 5.41) is 0. The average molecular weight is 308 g/mol. The van der Waals surface area contributed by atoms with Gasteiger partial charge in [-0.3, -0.25) is 4.90 Å². The molecule has 0 radical (unpaired) electrons. The van der Waals surface area contributed by atoms with E-state index in [1.165, 1.54) is 18.7 Å². The summed E-state index contributed by atoms with van der Waals surface area (Å²) in [6, 6.07) is 4.75. The van der Waals surface area contributed by atoms with Crippen LogP contribution in [0.5, 0.6) is 0 Å². The van der Waals surface area contributed by atoms with Crippen molar-refractivity contribution in [3.63, 3.8) is 0 Å². The maximum Gasteiger partial charge on any atom is 0.136 e. The van der Waals surface area contributed by atoms with Gasteiger partial charge in [0.25, 0.3) is 0 Å². The molecule has 1 aliphatic heterocycles. The van der Waals surface area contributed by atoms with Crippen LogP contribution in [0.1, 0.15) is 26.0 Å². The standard InChI is InChI=1S/C14H18BrN3/c1-10-5-6-17(11(10)2)9-13-7-16-14-4-3-12(15)8-18(13)14/h3-4,7-8,10-11H,5-6,9H2,1-2H3. The third kappa shape index (κ3) is 2.08. The van der Waals surface area contributed by atoms with E-state index in [9.17, 15) is 0 Å². The fraction of sp³-hybridized carbons (Fsp3) is 0.500. The molecule has 3 nitrogen and oxygen atoms in total. The van der Waals surface area contributed by atoms with Crippen molar-refractivity contribution in [2.45, 2.75) is 32.9 Å². The third-order valence-electron chi connectivity index (χ3n) is 4.18. The van der Waals surface area contributed by atoms with Gasteiger partial charge in [0.1, 0.15) is 5.65 Å². The van der Waals surface area contributed by atoms with E-state index in [2.05, 4.69) is 50.3 Å². The summed E-state index contributed by atoms with van der Waals surface area (Å²) in [7, 11) is 0. The molecule has 1 fully saturated rings. The van der Waals surface area contributed by atoms with Gasteiger partial charge in [-0.15, -0.1) is 0 Å². The predicted octanol–water partition coefficient (Wildman–Crippen LogP) is 3.33. The molecule has 2 atom stereocenters. The maximum atomic E-state index is 4.46. The molecule has 0 aliphatic carbocycles. The average Bonchev–Trinajstić information content (AvgIpc) is 2.88. The third-order valence-corrected chi connectivity index (χ3v) is 4.65. The molecule has 3 heterocycles. The summed E-state index contributed by atoms with van der Waals surface area (Å²) in [5.41, 5.74) is 2.29. The summed E-state index contributed by atoms with van der Waals surface area (Å²) in [5.74, 6) is 0.802. The summed E-state index contributed by atoms with van der Waals surface area (Å²) in [4.78, 5) is 7.01. The quantitative estimate of drug-likeness (QED) is 0.848. The Bertz CT molecular complexity index is 563. The van der Waals surface area contributed by atoms with Gasteiger partial charge >= 0.3 is 0 Å². The highest BCUT2D eigenvalue weighted by Crippen LogP contribution is 2.25. The zero-order chi connectivity index (χ0) is 12.7. The Hall–Kier alpha value is -0.870. The monoisotopic (exact) mass is 307 g/mol. The molecule has 0 spiro atoms. The zero-order valence-corrected chi connectivity index (χ0v) is 12.4. The molecule has 3 rings (SSSR count). The Morgan fingerprint density at radius 2 is 2.22 bits per heavy atom. The van der Waals surface area contributed by atoms with Crippen LogP contribution in [0.25, 0.3) is 5.65 Å². The fourth-order valence-electron chi connectivity index (χ4n) is 2.73. The van der Waals surface area contributed by atoms with Crippen molar-refractivity contribution >= 4 is 21.6 Å². The highest BCUT2D eigenvalue weighted by Gasteiger charge is 2.27. The molecule has 96 valence electrons. The zero-order valence-electron chi connectivity index (χ0n) is 10.8. The van der Waals surface area contributed by atoms with Gasteiger partial charge in [-0.2, -0.15) is 0 Å². The highest BCUT2D eigenvalue weighted by molar-refractivity contribution is 9.10. The van der Waals surface area contributed by atoms with E-state index in [-0.39, 0.29) is 0 Å². The van der Waals surface area contributed by atoms with Gasteiger partial charge in [-0.1, -0.05) is 6.92 Å². The lowest BCUT2D eigenvalue weighted by Crippen LogP contribution is -2.29. The molecule has 0 aromatic carbocycles. The van der Waals surface area contributed by atoms with Gasteiger partial charge < -0.3 is 4.40 Å². The van der Waals surface area contributed by atoms with Crippen LogP contribution >= 0.6 is 15.9 Å². The molecular weight excluding hydrogens is 290 g/mol. The van der Waals surface area contributed by atoms with E-state index in [0.717, 1.165) is 22.6 Å². The van der Waals surface area contributed by atoms with Gasteiger partial charge in [0, 0.05) is 23.3 Å². The van der Waals surface area contributed by atoms with E-state index < -0.39 is 0 Å². The number of rotatable bonds is 2. The van der Waals surface area contributed by atoms with Crippen LogP contribution in [0, 0.1) is 5.92 Å². The molecule has 2 aromatic rings. The first-order valence-electron chi connectivity index (χ1n) is 6.50. The van der Waals surface area contributed by atoms with Crippen LogP contribution < -0.4 is 0 Å². The van der Waals surface area contributed by atoms with E-state index >= 15 is 0 Å². The van der Waals surface area contributed by atoms with Crippen molar-refractivity contribution < 1.29 is 0 Å². The van der Waals surface area contributed by atoms with Crippen molar-refractivity contribution in [2.75, 3.05) is 6.54 Å². The molecule has 0 bridgehead atoms. The number of nitrogens with zero attached hydrogens (tertiary/aromatic N) is 3. The Morgan fingerprint density at radius 1 is 1.39 bits per heavy atom. The lowest BCUT2D eigenvalue weighted by atomic mass is 10.1. The Balaban J connectivity index is 1.89. The van der Waals surface area contributed by atoms with Gasteiger partial charge in [0.05, 0.1) is 11.9 Å². The summed E-state index contributed by atoms with van der Waals surface area (Å²) < 4.78 is 3.27. The summed E-state index contributed by atoms with van der Waals surface area (Å²) in [6.45, 7) is 6.86. The van der Waals surface area contributed by atoms with Crippen LogP contribution in [0.15, 0.2) is 29.0 Å². The molecule has 1 aliphatic rings. The summed E-state index contributed by atoms with van der Waals surface area (Å²) in [6.07, 6.45) is 5.40. The minimum atomic E-state index is 0.669. The van der Waals surface area contributed by atoms with Crippen molar-refractivity contribution in [2.24, 2.45) is 5.92 Å². The minimum Gasteiger partial charge on any atom is -0.302 e. The van der Waals surface area contributed by atoms with Crippen LogP contribution in [0.3, 0.4) is 0 Å². The first kappa shape index (κ1) is 12.2.